The average Bonchev–Trinajstić information content (AvgIpc) is 2.85. The van der Waals surface area contributed by atoms with Crippen LogP contribution in [-0.2, 0) is 19.0 Å². The van der Waals surface area contributed by atoms with Gasteiger partial charge in [0, 0.05) is 12.6 Å². The molecule has 2 rings (SSSR count). The molecular formula is C11H20N2O4. The van der Waals surface area contributed by atoms with Crippen LogP contribution in [0.4, 0.5) is 0 Å². The molecule has 0 aliphatic carbocycles. The highest BCUT2D eigenvalue weighted by molar-refractivity contribution is 5.79. The second kappa shape index (κ2) is 6.30. The van der Waals surface area contributed by atoms with Gasteiger partial charge in [-0.3, -0.25) is 4.79 Å². The van der Waals surface area contributed by atoms with Crippen LogP contribution in [0.2, 0.25) is 0 Å². The fourth-order valence-electron chi connectivity index (χ4n) is 2.10. The van der Waals surface area contributed by atoms with Gasteiger partial charge in [0.1, 0.15) is 0 Å². The lowest BCUT2D eigenvalue weighted by molar-refractivity contribution is -0.128. The second-order valence-electron chi connectivity index (χ2n) is 4.35. The minimum Gasteiger partial charge on any atom is -0.379 e. The molecule has 1 amide bonds. The average molecular weight is 244 g/mol. The second-order valence-corrected chi connectivity index (χ2v) is 4.35. The Labute approximate surface area is 101 Å². The van der Waals surface area contributed by atoms with Gasteiger partial charge in [-0.25, -0.2) is 0 Å². The molecule has 0 bridgehead atoms. The van der Waals surface area contributed by atoms with Crippen LogP contribution in [0, 0.1) is 5.92 Å². The molecule has 0 spiro atoms. The predicted octanol–water partition coefficient (Wildman–Crippen LogP) is -1.25. The molecule has 3 unspecified atom stereocenters. The van der Waals surface area contributed by atoms with Crippen LogP contribution in [0.5, 0.6) is 0 Å². The van der Waals surface area contributed by atoms with Gasteiger partial charge in [0.25, 0.3) is 0 Å². The predicted molar refractivity (Wildman–Crippen MR) is 60.7 cm³/mol. The van der Waals surface area contributed by atoms with E-state index in [0.29, 0.717) is 39.6 Å². The summed E-state index contributed by atoms with van der Waals surface area (Å²) in [5, 5.41) is 5.99. The summed E-state index contributed by atoms with van der Waals surface area (Å²) in [6, 6.07) is 0.110. The van der Waals surface area contributed by atoms with E-state index in [1.807, 2.05) is 7.05 Å². The highest BCUT2D eigenvalue weighted by Crippen LogP contribution is 2.13. The molecule has 2 fully saturated rings. The maximum absolute atomic E-state index is 11.9. The molecule has 6 heteroatoms. The summed E-state index contributed by atoms with van der Waals surface area (Å²) >= 11 is 0. The van der Waals surface area contributed by atoms with E-state index >= 15 is 0 Å². The number of nitrogens with one attached hydrogen (secondary N) is 2. The molecule has 0 aromatic rings. The minimum absolute atomic E-state index is 0.0241. The molecule has 2 saturated heterocycles. The number of hydrogen-bond donors (Lipinski definition) is 2. The third kappa shape index (κ3) is 3.38. The number of rotatable bonds is 4. The highest BCUT2D eigenvalue weighted by atomic mass is 16.6. The zero-order valence-electron chi connectivity index (χ0n) is 10.1. The Morgan fingerprint density at radius 2 is 2.12 bits per heavy atom. The molecule has 3 atom stereocenters. The molecule has 17 heavy (non-hydrogen) atoms. The Balaban J connectivity index is 1.72. The highest BCUT2D eigenvalue weighted by Gasteiger charge is 2.33. The molecule has 2 heterocycles. The Morgan fingerprint density at radius 3 is 2.82 bits per heavy atom. The molecule has 0 aromatic heterocycles. The molecular weight excluding hydrogens is 224 g/mol. The van der Waals surface area contributed by atoms with Crippen LogP contribution < -0.4 is 10.6 Å². The van der Waals surface area contributed by atoms with Crippen molar-refractivity contribution in [3.05, 3.63) is 0 Å². The van der Waals surface area contributed by atoms with Crippen molar-refractivity contribution in [2.75, 3.05) is 46.6 Å². The lowest BCUT2D eigenvalue weighted by Gasteiger charge is -2.24. The van der Waals surface area contributed by atoms with E-state index in [1.165, 1.54) is 0 Å². The number of carbonyl (C=O) groups excluding carboxylic acids is 1. The van der Waals surface area contributed by atoms with Gasteiger partial charge in [-0.2, -0.15) is 0 Å². The smallest absolute Gasteiger partial charge is 0.227 e. The molecule has 2 N–H and O–H groups in total. The van der Waals surface area contributed by atoms with Gasteiger partial charge in [0.05, 0.1) is 45.1 Å². The monoisotopic (exact) mass is 244 g/mol. The maximum Gasteiger partial charge on any atom is 0.227 e. The third-order valence-corrected chi connectivity index (χ3v) is 3.18. The van der Waals surface area contributed by atoms with Gasteiger partial charge in [-0.1, -0.05) is 0 Å². The van der Waals surface area contributed by atoms with Crippen molar-refractivity contribution in [2.45, 2.75) is 12.1 Å². The van der Waals surface area contributed by atoms with Crippen molar-refractivity contribution in [2.24, 2.45) is 5.92 Å². The van der Waals surface area contributed by atoms with Crippen LogP contribution in [0.1, 0.15) is 0 Å². The van der Waals surface area contributed by atoms with Crippen molar-refractivity contribution in [1.29, 1.82) is 0 Å². The molecule has 2 aliphatic rings. The van der Waals surface area contributed by atoms with E-state index in [-0.39, 0.29) is 24.0 Å². The first-order valence-electron chi connectivity index (χ1n) is 6.03. The zero-order chi connectivity index (χ0) is 12.1. The van der Waals surface area contributed by atoms with Crippen LogP contribution >= 0.6 is 0 Å². The van der Waals surface area contributed by atoms with Crippen LogP contribution in [-0.4, -0.2) is 64.7 Å². The lowest BCUT2D eigenvalue weighted by atomic mass is 10.0. The molecule has 0 aromatic carbocycles. The van der Waals surface area contributed by atoms with E-state index in [4.69, 9.17) is 14.2 Å². The Bertz CT molecular complexity index is 256. The van der Waals surface area contributed by atoms with Gasteiger partial charge in [0.15, 0.2) is 0 Å². The molecule has 0 saturated carbocycles. The summed E-state index contributed by atoms with van der Waals surface area (Å²) in [6.45, 7) is 3.38. The van der Waals surface area contributed by atoms with Gasteiger partial charge in [-0.05, 0) is 7.05 Å². The SMILES string of the molecule is CNC1COCC1C(=O)NCC1COCCO1. The molecule has 2 aliphatic heterocycles. The zero-order valence-corrected chi connectivity index (χ0v) is 10.1. The van der Waals surface area contributed by atoms with E-state index in [2.05, 4.69) is 10.6 Å². The largest absolute Gasteiger partial charge is 0.379 e. The molecule has 0 radical (unpaired) electrons. The first kappa shape index (κ1) is 12.8. The maximum atomic E-state index is 11.9. The standard InChI is InChI=1S/C11H20N2O4/c1-12-10-7-16-6-9(10)11(14)13-4-8-5-15-2-3-17-8/h8-10,12H,2-7H2,1H3,(H,13,14). The van der Waals surface area contributed by atoms with Crippen LogP contribution in [0.3, 0.4) is 0 Å². The third-order valence-electron chi connectivity index (χ3n) is 3.18. The van der Waals surface area contributed by atoms with Gasteiger partial charge < -0.3 is 24.8 Å². The van der Waals surface area contributed by atoms with E-state index in [1.54, 1.807) is 0 Å². The normalized spacial score (nSPS) is 33.6. The van der Waals surface area contributed by atoms with Crippen molar-refractivity contribution in [1.82, 2.24) is 10.6 Å². The Hall–Kier alpha value is -0.690. The van der Waals surface area contributed by atoms with Crippen molar-refractivity contribution in [3.63, 3.8) is 0 Å². The van der Waals surface area contributed by atoms with E-state index in [9.17, 15) is 4.79 Å². The quantitative estimate of drug-likeness (QED) is 0.647. The van der Waals surface area contributed by atoms with Gasteiger partial charge >= 0.3 is 0 Å². The molecule has 6 nitrogen and oxygen atoms in total. The van der Waals surface area contributed by atoms with Gasteiger partial charge in [0.2, 0.25) is 5.91 Å². The summed E-state index contributed by atoms with van der Waals surface area (Å²) in [7, 11) is 1.84. The summed E-state index contributed by atoms with van der Waals surface area (Å²) in [5.41, 5.74) is 0. The summed E-state index contributed by atoms with van der Waals surface area (Å²) in [6.07, 6.45) is -0.0249. The topological polar surface area (TPSA) is 68.8 Å². The van der Waals surface area contributed by atoms with Crippen LogP contribution in [0.15, 0.2) is 0 Å². The Kier molecular flexibility index (Phi) is 4.73. The number of amides is 1. The van der Waals surface area contributed by atoms with Crippen molar-refractivity contribution >= 4 is 5.91 Å². The minimum atomic E-state index is -0.107. The number of carbonyl (C=O) groups is 1. The van der Waals surface area contributed by atoms with Crippen molar-refractivity contribution < 1.29 is 19.0 Å². The number of likely N-dealkylation sites (N-methyl/N-ethyl adjacent to an activating group) is 1. The number of hydrogen-bond acceptors (Lipinski definition) is 5. The van der Waals surface area contributed by atoms with E-state index < -0.39 is 0 Å². The van der Waals surface area contributed by atoms with Crippen LogP contribution in [0.25, 0.3) is 0 Å². The summed E-state index contributed by atoms with van der Waals surface area (Å²) in [4.78, 5) is 11.9. The summed E-state index contributed by atoms with van der Waals surface area (Å²) < 4.78 is 16.0. The fraction of sp³-hybridized carbons (Fsp3) is 0.909. The lowest BCUT2D eigenvalue weighted by Crippen LogP contribution is -2.46. The fourth-order valence-corrected chi connectivity index (χ4v) is 2.10. The number of ether oxygens (including phenoxy) is 3. The summed E-state index contributed by atoms with van der Waals surface area (Å²) in [5.74, 6) is -0.0828. The first-order chi connectivity index (χ1) is 8.31. The van der Waals surface area contributed by atoms with Crippen molar-refractivity contribution in [3.8, 4) is 0 Å². The van der Waals surface area contributed by atoms with Gasteiger partial charge in [-0.15, -0.1) is 0 Å². The Morgan fingerprint density at radius 1 is 1.24 bits per heavy atom. The first-order valence-corrected chi connectivity index (χ1v) is 6.03. The molecule has 98 valence electrons. The van der Waals surface area contributed by atoms with E-state index in [0.717, 1.165) is 0 Å².